The topological polar surface area (TPSA) is 63.2 Å². The monoisotopic (exact) mass is 304 g/mol. The Morgan fingerprint density at radius 3 is 2.24 bits per heavy atom. The molecule has 0 saturated heterocycles. The van der Waals surface area contributed by atoms with Crippen LogP contribution in [-0.2, 0) is 20.4 Å². The fraction of sp³-hybridized carbons (Fsp3) is 0.188. The first-order valence-electron chi connectivity index (χ1n) is 6.91. The van der Waals surface area contributed by atoms with Crippen molar-refractivity contribution in [3.63, 3.8) is 0 Å². The summed E-state index contributed by atoms with van der Waals surface area (Å²) in [5.41, 5.74) is 0.0366. The van der Waals surface area contributed by atoms with Gasteiger partial charge in [0.25, 0.3) is 0 Å². The second-order valence-corrected chi connectivity index (χ2v) is 6.71. The molecule has 0 aromatic heterocycles. The molecule has 0 aliphatic rings. The molecule has 0 aliphatic carbocycles. The van der Waals surface area contributed by atoms with Gasteiger partial charge in [-0.25, -0.2) is 8.42 Å². The van der Waals surface area contributed by atoms with Crippen LogP contribution in [0.2, 0.25) is 0 Å². The zero-order valence-corrected chi connectivity index (χ0v) is 12.6. The van der Waals surface area contributed by atoms with Gasteiger partial charge in [-0.1, -0.05) is 48.0 Å². The van der Waals surface area contributed by atoms with Crippen molar-refractivity contribution in [1.29, 1.82) is 0 Å². The van der Waals surface area contributed by atoms with E-state index in [2.05, 4.69) is 4.72 Å². The number of benzene rings is 2. The molecule has 2 rings (SSSR count). The Morgan fingerprint density at radius 2 is 1.71 bits per heavy atom. The fourth-order valence-electron chi connectivity index (χ4n) is 1.94. The highest BCUT2D eigenvalue weighted by Crippen LogP contribution is 2.21. The molecular weight excluding hydrogens is 286 g/mol. The second-order valence-electron chi connectivity index (χ2n) is 5.03. The number of hydrogen-bond donors (Lipinski definition) is 1. The summed E-state index contributed by atoms with van der Waals surface area (Å²) in [5, 5.41) is 0. The minimum absolute atomic E-state index is 0.100. The molecule has 0 aliphatic heterocycles. The summed E-state index contributed by atoms with van der Waals surface area (Å²) in [6.07, 6.45) is 0.553. The minimum Gasteiger partial charge on any atom is -0.301 e. The largest absolute Gasteiger partial charge is 0.301 e. The molecule has 21 heavy (non-hydrogen) atoms. The van der Waals surface area contributed by atoms with E-state index in [1.54, 1.807) is 24.3 Å². The van der Waals surface area contributed by atoms with Crippen LogP contribution in [0.4, 0.5) is 0 Å². The van der Waals surface area contributed by atoms with Crippen molar-refractivity contribution in [3.8, 4) is 0 Å². The van der Waals surface area contributed by atoms with Gasteiger partial charge in [-0.15, -0.1) is 0 Å². The molecule has 2 aromatic rings. The Hall–Kier alpha value is -1.98. The molecule has 110 valence electrons. The summed E-state index contributed by atoms with van der Waals surface area (Å²) in [6.45, 7) is 3.35. The lowest BCUT2D eigenvalue weighted by molar-refractivity contribution is -0.112. The number of carbonyl (C=O) groups excluding carboxylic acids is 1. The molecule has 0 saturated carbocycles. The lowest BCUT2D eigenvalue weighted by Gasteiger charge is -2.25. The SMILES string of the molecule is [2H]c1ccc(C(C)(C=O)NS(=O)(=O)c2ccc(C)cc2)cc1. The summed E-state index contributed by atoms with van der Waals surface area (Å²) in [7, 11) is -3.83. The number of aldehydes is 1. The van der Waals surface area contributed by atoms with Crippen LogP contribution in [0.1, 0.15) is 19.4 Å². The molecule has 4 nitrogen and oxygen atoms in total. The van der Waals surface area contributed by atoms with E-state index in [0.29, 0.717) is 17.9 Å². The first-order valence-corrected chi connectivity index (χ1v) is 7.89. The summed E-state index contributed by atoms with van der Waals surface area (Å²) < 4.78 is 34.8. The smallest absolute Gasteiger partial charge is 0.241 e. The maximum absolute atomic E-state index is 12.5. The zero-order valence-electron chi connectivity index (χ0n) is 12.8. The van der Waals surface area contributed by atoms with E-state index in [-0.39, 0.29) is 4.90 Å². The first-order chi connectivity index (χ1) is 10.3. The van der Waals surface area contributed by atoms with Crippen molar-refractivity contribution in [2.75, 3.05) is 0 Å². The van der Waals surface area contributed by atoms with E-state index in [0.717, 1.165) is 5.56 Å². The van der Waals surface area contributed by atoms with E-state index < -0.39 is 15.6 Å². The molecule has 1 N–H and O–H groups in total. The normalized spacial score (nSPS) is 15.0. The molecule has 1 atom stereocenters. The maximum atomic E-state index is 12.5. The Bertz CT molecular complexity index is 770. The molecule has 1 unspecified atom stereocenters. The average molecular weight is 304 g/mol. The second kappa shape index (κ2) is 5.79. The minimum atomic E-state index is -3.83. The Morgan fingerprint density at radius 1 is 1.14 bits per heavy atom. The maximum Gasteiger partial charge on any atom is 0.241 e. The lowest BCUT2D eigenvalue weighted by atomic mass is 9.95. The van der Waals surface area contributed by atoms with Crippen LogP contribution < -0.4 is 4.72 Å². The van der Waals surface area contributed by atoms with Crippen molar-refractivity contribution < 1.29 is 14.6 Å². The van der Waals surface area contributed by atoms with Crippen molar-refractivity contribution in [2.24, 2.45) is 0 Å². The number of hydrogen-bond acceptors (Lipinski definition) is 3. The molecule has 0 amide bonds. The molecule has 0 fully saturated rings. The van der Waals surface area contributed by atoms with Crippen LogP contribution in [0.5, 0.6) is 0 Å². The molecule has 0 radical (unpaired) electrons. The first kappa shape index (κ1) is 14.0. The van der Waals surface area contributed by atoms with Crippen molar-refractivity contribution >= 4 is 16.3 Å². The van der Waals surface area contributed by atoms with Crippen molar-refractivity contribution in [2.45, 2.75) is 24.3 Å². The molecular formula is C16H17NO3S. The summed E-state index contributed by atoms with van der Waals surface area (Å²) in [6, 6.07) is 12.8. The van der Waals surface area contributed by atoms with E-state index >= 15 is 0 Å². The van der Waals surface area contributed by atoms with Gasteiger partial charge in [0.15, 0.2) is 0 Å². The predicted molar refractivity (Wildman–Crippen MR) is 81.4 cm³/mol. The van der Waals surface area contributed by atoms with Gasteiger partial charge in [0.05, 0.1) is 6.27 Å². The summed E-state index contributed by atoms with van der Waals surface area (Å²) >= 11 is 0. The van der Waals surface area contributed by atoms with E-state index in [1.165, 1.54) is 31.2 Å². The Labute approximate surface area is 126 Å². The highest BCUT2D eigenvalue weighted by molar-refractivity contribution is 7.89. The summed E-state index contributed by atoms with van der Waals surface area (Å²) in [5.74, 6) is 0. The van der Waals surface area contributed by atoms with Gasteiger partial charge < -0.3 is 4.79 Å². The zero-order chi connectivity index (χ0) is 16.4. The number of carbonyl (C=O) groups is 1. The predicted octanol–water partition coefficient (Wildman–Crippen LogP) is 2.39. The highest BCUT2D eigenvalue weighted by Gasteiger charge is 2.32. The van der Waals surface area contributed by atoms with E-state index in [1.807, 2.05) is 6.92 Å². The molecule has 0 bridgehead atoms. The highest BCUT2D eigenvalue weighted by atomic mass is 32.2. The Kier molecular flexibility index (Phi) is 3.86. The van der Waals surface area contributed by atoms with Gasteiger partial charge in [-0.05, 0) is 31.5 Å². The Balaban J connectivity index is 2.38. The average Bonchev–Trinajstić information content (AvgIpc) is 2.47. The van der Waals surface area contributed by atoms with Gasteiger partial charge in [-0.3, -0.25) is 0 Å². The van der Waals surface area contributed by atoms with Gasteiger partial charge in [-0.2, -0.15) is 4.72 Å². The van der Waals surface area contributed by atoms with Crippen LogP contribution in [0.3, 0.4) is 0 Å². The number of aryl methyl sites for hydroxylation is 1. The molecule has 0 spiro atoms. The number of nitrogens with one attached hydrogen (secondary N) is 1. The van der Waals surface area contributed by atoms with Crippen LogP contribution in [-0.4, -0.2) is 14.7 Å². The third-order valence-electron chi connectivity index (χ3n) is 3.23. The van der Waals surface area contributed by atoms with Gasteiger partial charge in [0.2, 0.25) is 10.0 Å². The third kappa shape index (κ3) is 3.37. The molecule has 0 heterocycles. The molecule has 5 heteroatoms. The van der Waals surface area contributed by atoms with Crippen LogP contribution >= 0.6 is 0 Å². The number of rotatable bonds is 5. The van der Waals surface area contributed by atoms with E-state index in [9.17, 15) is 13.2 Å². The van der Waals surface area contributed by atoms with Crippen LogP contribution in [0.15, 0.2) is 59.5 Å². The summed E-state index contributed by atoms with van der Waals surface area (Å²) in [4.78, 5) is 11.6. The van der Waals surface area contributed by atoms with Gasteiger partial charge in [0.1, 0.15) is 11.8 Å². The van der Waals surface area contributed by atoms with Crippen LogP contribution in [0.25, 0.3) is 0 Å². The molecule has 2 aromatic carbocycles. The fourth-order valence-corrected chi connectivity index (χ4v) is 3.28. The van der Waals surface area contributed by atoms with Gasteiger partial charge in [0, 0.05) is 0 Å². The standard InChI is InChI=1S/C16H17NO3S/c1-13-8-10-15(11-9-13)21(19,20)17-16(2,12-18)14-6-4-3-5-7-14/h3-12,17H,1-2H3/i3D. The number of sulfonamides is 1. The van der Waals surface area contributed by atoms with Gasteiger partial charge >= 0.3 is 0 Å². The van der Waals surface area contributed by atoms with Crippen molar-refractivity contribution in [1.82, 2.24) is 4.72 Å². The van der Waals surface area contributed by atoms with Crippen LogP contribution in [0, 0.1) is 6.92 Å². The quantitative estimate of drug-likeness (QED) is 0.863. The van der Waals surface area contributed by atoms with Crippen molar-refractivity contribution in [3.05, 3.63) is 65.7 Å². The van der Waals surface area contributed by atoms with E-state index in [4.69, 9.17) is 1.37 Å². The third-order valence-corrected chi connectivity index (χ3v) is 4.82. The lowest BCUT2D eigenvalue weighted by Crippen LogP contribution is -2.44.